The van der Waals surface area contributed by atoms with Crippen molar-refractivity contribution in [2.75, 3.05) is 6.54 Å². The first kappa shape index (κ1) is 12.9. The summed E-state index contributed by atoms with van der Waals surface area (Å²) in [6.07, 6.45) is 5.77. The number of thiocarbonyl (C=S) groups is 1. The highest BCUT2D eigenvalue weighted by atomic mass is 32.1. The molecule has 18 heavy (non-hydrogen) atoms. The van der Waals surface area contributed by atoms with Crippen LogP contribution in [0.3, 0.4) is 0 Å². The highest BCUT2D eigenvalue weighted by Crippen LogP contribution is 2.28. The lowest BCUT2D eigenvalue weighted by Crippen LogP contribution is -2.36. The minimum atomic E-state index is -0.0822. The van der Waals surface area contributed by atoms with E-state index in [2.05, 4.69) is 9.97 Å². The summed E-state index contributed by atoms with van der Waals surface area (Å²) in [4.78, 5) is 22.7. The Morgan fingerprint density at radius 2 is 2.22 bits per heavy atom. The largest absolute Gasteiger partial charge is 0.393 e. The maximum Gasteiger partial charge on any atom is 0.274 e. The van der Waals surface area contributed by atoms with Gasteiger partial charge in [-0.15, -0.1) is 0 Å². The van der Waals surface area contributed by atoms with Crippen LogP contribution in [0.25, 0.3) is 0 Å². The van der Waals surface area contributed by atoms with Crippen LogP contribution in [0, 0.1) is 6.92 Å². The Balaban J connectivity index is 2.07. The van der Waals surface area contributed by atoms with Crippen LogP contribution >= 0.6 is 12.2 Å². The van der Waals surface area contributed by atoms with Gasteiger partial charge in [0, 0.05) is 25.2 Å². The first-order valence-electron chi connectivity index (χ1n) is 5.96. The Morgan fingerprint density at radius 3 is 2.72 bits per heavy atom. The van der Waals surface area contributed by atoms with E-state index in [0.717, 1.165) is 18.5 Å². The Kier molecular flexibility index (Phi) is 3.86. The van der Waals surface area contributed by atoms with E-state index < -0.39 is 0 Å². The summed E-state index contributed by atoms with van der Waals surface area (Å²) in [6.45, 7) is 2.40. The molecule has 1 aromatic heterocycles. The van der Waals surface area contributed by atoms with Crippen LogP contribution in [-0.2, 0) is 0 Å². The molecule has 2 rings (SSSR count). The number of amides is 1. The number of rotatable bonds is 5. The molecule has 1 amide bonds. The van der Waals surface area contributed by atoms with Gasteiger partial charge in [0.1, 0.15) is 5.69 Å². The first-order chi connectivity index (χ1) is 8.58. The van der Waals surface area contributed by atoms with Crippen molar-refractivity contribution >= 4 is 23.1 Å². The molecule has 0 atom stereocenters. The Bertz CT molecular complexity index is 456. The second-order valence-electron chi connectivity index (χ2n) is 4.49. The quantitative estimate of drug-likeness (QED) is 0.805. The topological polar surface area (TPSA) is 72.1 Å². The van der Waals surface area contributed by atoms with Crippen LogP contribution in [0.15, 0.2) is 12.4 Å². The van der Waals surface area contributed by atoms with Crippen molar-refractivity contribution in [2.45, 2.75) is 32.2 Å². The number of carbonyl (C=O) groups is 1. The molecule has 0 bridgehead atoms. The fraction of sp³-hybridized carbons (Fsp3) is 0.500. The van der Waals surface area contributed by atoms with Crippen molar-refractivity contribution in [1.29, 1.82) is 0 Å². The van der Waals surface area contributed by atoms with Gasteiger partial charge in [-0.05, 0) is 19.8 Å². The summed E-state index contributed by atoms with van der Waals surface area (Å²) in [6, 6.07) is 0.315. The maximum atomic E-state index is 12.3. The van der Waals surface area contributed by atoms with Crippen LogP contribution in [0.2, 0.25) is 0 Å². The molecule has 0 aromatic carbocycles. The van der Waals surface area contributed by atoms with Crippen LogP contribution in [-0.4, -0.2) is 38.4 Å². The van der Waals surface area contributed by atoms with Crippen LogP contribution in [0.4, 0.5) is 0 Å². The lowest BCUT2D eigenvalue weighted by atomic mass is 10.3. The summed E-state index contributed by atoms with van der Waals surface area (Å²) in [5.41, 5.74) is 6.67. The monoisotopic (exact) mass is 264 g/mol. The number of nitrogens with two attached hydrogens (primary N) is 1. The van der Waals surface area contributed by atoms with Gasteiger partial charge in [0.2, 0.25) is 0 Å². The molecule has 1 aromatic rings. The van der Waals surface area contributed by atoms with E-state index in [1.165, 1.54) is 6.20 Å². The van der Waals surface area contributed by atoms with Gasteiger partial charge in [0.05, 0.1) is 16.9 Å². The summed E-state index contributed by atoms with van der Waals surface area (Å²) < 4.78 is 0. The van der Waals surface area contributed by atoms with E-state index in [0.29, 0.717) is 29.7 Å². The number of carbonyl (C=O) groups excluding carboxylic acids is 1. The van der Waals surface area contributed by atoms with Crippen molar-refractivity contribution in [2.24, 2.45) is 5.73 Å². The van der Waals surface area contributed by atoms with E-state index in [1.807, 2.05) is 6.92 Å². The SMILES string of the molecule is Cc1cnc(C(=O)N(CCC(N)=S)C2CC2)cn1. The predicted octanol–water partition coefficient (Wildman–Crippen LogP) is 1.07. The molecule has 0 saturated heterocycles. The van der Waals surface area contributed by atoms with Gasteiger partial charge in [0.25, 0.3) is 5.91 Å². The molecule has 1 aliphatic rings. The zero-order valence-electron chi connectivity index (χ0n) is 10.3. The summed E-state index contributed by atoms with van der Waals surface area (Å²) in [5, 5.41) is 0. The van der Waals surface area contributed by atoms with Gasteiger partial charge in [-0.3, -0.25) is 9.78 Å². The number of hydrogen-bond donors (Lipinski definition) is 1. The van der Waals surface area contributed by atoms with E-state index in [4.69, 9.17) is 18.0 Å². The third kappa shape index (κ3) is 3.22. The second kappa shape index (κ2) is 5.39. The average Bonchev–Trinajstić information content (AvgIpc) is 3.14. The van der Waals surface area contributed by atoms with E-state index in [-0.39, 0.29) is 5.91 Å². The molecule has 96 valence electrons. The second-order valence-corrected chi connectivity index (χ2v) is 5.01. The average molecular weight is 264 g/mol. The highest BCUT2D eigenvalue weighted by Gasteiger charge is 2.33. The maximum absolute atomic E-state index is 12.3. The van der Waals surface area contributed by atoms with Crippen LogP contribution in [0.1, 0.15) is 35.4 Å². The molecule has 0 radical (unpaired) electrons. The van der Waals surface area contributed by atoms with Crippen molar-refractivity contribution in [3.8, 4) is 0 Å². The molecule has 1 fully saturated rings. The summed E-state index contributed by atoms with van der Waals surface area (Å²) >= 11 is 4.85. The summed E-state index contributed by atoms with van der Waals surface area (Å²) in [7, 11) is 0. The Labute approximate surface area is 111 Å². The minimum Gasteiger partial charge on any atom is -0.393 e. The lowest BCUT2D eigenvalue weighted by molar-refractivity contribution is 0.0741. The van der Waals surface area contributed by atoms with E-state index in [9.17, 15) is 4.79 Å². The van der Waals surface area contributed by atoms with Gasteiger partial charge in [0.15, 0.2) is 0 Å². The van der Waals surface area contributed by atoms with Gasteiger partial charge in [-0.25, -0.2) is 4.98 Å². The molecule has 6 heteroatoms. The van der Waals surface area contributed by atoms with Gasteiger partial charge in [-0.1, -0.05) is 12.2 Å². The van der Waals surface area contributed by atoms with Gasteiger partial charge in [-0.2, -0.15) is 0 Å². The summed E-state index contributed by atoms with van der Waals surface area (Å²) in [5.74, 6) is -0.0822. The predicted molar refractivity (Wildman–Crippen MR) is 72.2 cm³/mol. The molecule has 2 N–H and O–H groups in total. The van der Waals surface area contributed by atoms with Crippen LogP contribution < -0.4 is 5.73 Å². The molecule has 1 aliphatic carbocycles. The standard InChI is InChI=1S/C12H16N4OS/c1-8-6-15-10(7-14-8)12(17)16(9-2-3-9)5-4-11(13)18/h6-7,9H,2-5H2,1H3,(H2,13,18). The molecule has 5 nitrogen and oxygen atoms in total. The van der Waals surface area contributed by atoms with Crippen molar-refractivity contribution in [3.05, 3.63) is 23.8 Å². The van der Waals surface area contributed by atoms with Crippen molar-refractivity contribution < 1.29 is 4.79 Å². The fourth-order valence-electron chi connectivity index (χ4n) is 1.72. The molecule has 1 saturated carbocycles. The van der Waals surface area contributed by atoms with E-state index >= 15 is 0 Å². The minimum absolute atomic E-state index is 0.0822. The van der Waals surface area contributed by atoms with Crippen LogP contribution in [0.5, 0.6) is 0 Å². The van der Waals surface area contributed by atoms with Gasteiger partial charge < -0.3 is 10.6 Å². The number of aromatic nitrogens is 2. The molecule has 0 unspecified atom stereocenters. The van der Waals surface area contributed by atoms with Gasteiger partial charge >= 0.3 is 0 Å². The number of aryl methyl sites for hydroxylation is 1. The Morgan fingerprint density at radius 1 is 1.50 bits per heavy atom. The number of hydrogen-bond acceptors (Lipinski definition) is 4. The molecule has 0 spiro atoms. The van der Waals surface area contributed by atoms with Crippen molar-refractivity contribution in [1.82, 2.24) is 14.9 Å². The molecular weight excluding hydrogens is 248 g/mol. The third-order valence-electron chi connectivity index (χ3n) is 2.85. The molecular formula is C12H16N4OS. The highest BCUT2D eigenvalue weighted by molar-refractivity contribution is 7.80. The Hall–Kier alpha value is -1.56. The zero-order valence-corrected chi connectivity index (χ0v) is 11.1. The first-order valence-corrected chi connectivity index (χ1v) is 6.36. The normalized spacial score (nSPS) is 14.3. The zero-order chi connectivity index (χ0) is 13.1. The fourth-order valence-corrected chi connectivity index (χ4v) is 1.81. The lowest BCUT2D eigenvalue weighted by Gasteiger charge is -2.21. The molecule has 1 heterocycles. The van der Waals surface area contributed by atoms with E-state index in [1.54, 1.807) is 11.1 Å². The number of nitrogens with zero attached hydrogens (tertiary/aromatic N) is 3. The molecule has 0 aliphatic heterocycles. The smallest absolute Gasteiger partial charge is 0.274 e. The third-order valence-corrected chi connectivity index (χ3v) is 3.05. The van der Waals surface area contributed by atoms with Crippen molar-refractivity contribution in [3.63, 3.8) is 0 Å².